The second-order valence-electron chi connectivity index (χ2n) is 3.86. The number of rotatable bonds is 1. The van der Waals surface area contributed by atoms with Crippen molar-refractivity contribution in [2.75, 3.05) is 5.73 Å². The van der Waals surface area contributed by atoms with Gasteiger partial charge in [-0.25, -0.2) is 0 Å². The lowest BCUT2D eigenvalue weighted by atomic mass is 10.2. The highest BCUT2D eigenvalue weighted by Crippen LogP contribution is 2.28. The number of hydrogen-bond acceptors (Lipinski definition) is 2. The molecule has 0 spiro atoms. The number of fused-ring (bicyclic) bond motifs is 1. The molecular weight excluding hydrogens is 278 g/mol. The maximum absolute atomic E-state index is 5.76. The summed E-state index contributed by atoms with van der Waals surface area (Å²) in [6.45, 7) is 0. The summed E-state index contributed by atoms with van der Waals surface area (Å²) in [5.41, 5.74) is 9.37. The normalized spacial score (nSPS) is 10.9. The highest BCUT2D eigenvalue weighted by atomic mass is 79.9. The number of aromatic nitrogens is 2. The first-order chi connectivity index (χ1) is 8.24. The van der Waals surface area contributed by atoms with Crippen LogP contribution < -0.4 is 5.73 Å². The summed E-state index contributed by atoms with van der Waals surface area (Å²) in [6.07, 6.45) is 1.71. The number of pyridine rings is 1. The van der Waals surface area contributed by atoms with E-state index >= 15 is 0 Å². The Kier molecular flexibility index (Phi) is 2.37. The number of para-hydroxylation sites is 1. The molecule has 0 amide bonds. The lowest BCUT2D eigenvalue weighted by Gasteiger charge is -1.97. The van der Waals surface area contributed by atoms with E-state index in [1.54, 1.807) is 12.3 Å². The molecule has 0 fully saturated rings. The van der Waals surface area contributed by atoms with E-state index in [2.05, 4.69) is 38.0 Å². The minimum Gasteiger partial charge on any atom is -0.399 e. The lowest BCUT2D eigenvalue weighted by molar-refractivity contribution is 1.29. The number of nitrogen functional groups attached to an aromatic ring is 1. The minimum atomic E-state index is 0.715. The third-order valence-electron chi connectivity index (χ3n) is 2.67. The van der Waals surface area contributed by atoms with Crippen molar-refractivity contribution < 1.29 is 0 Å². The Bertz CT molecular complexity index is 688. The second-order valence-corrected chi connectivity index (χ2v) is 4.72. The Balaban J connectivity index is 2.22. The fourth-order valence-corrected chi connectivity index (χ4v) is 2.33. The van der Waals surface area contributed by atoms with Gasteiger partial charge in [-0.2, -0.15) is 0 Å². The average Bonchev–Trinajstić information content (AvgIpc) is 2.74. The first-order valence-corrected chi connectivity index (χ1v) is 6.02. The summed E-state index contributed by atoms with van der Waals surface area (Å²) in [5.74, 6) is 0. The van der Waals surface area contributed by atoms with Crippen molar-refractivity contribution in [3.63, 3.8) is 0 Å². The van der Waals surface area contributed by atoms with Gasteiger partial charge in [0.15, 0.2) is 0 Å². The van der Waals surface area contributed by atoms with Crippen LogP contribution >= 0.6 is 15.9 Å². The van der Waals surface area contributed by atoms with Gasteiger partial charge < -0.3 is 10.7 Å². The molecule has 1 aromatic carbocycles. The number of H-pyrrole nitrogens is 1. The van der Waals surface area contributed by atoms with Crippen LogP contribution in [0.2, 0.25) is 0 Å². The molecule has 0 unspecified atom stereocenters. The molecule has 0 bridgehead atoms. The lowest BCUT2D eigenvalue weighted by Crippen LogP contribution is -1.88. The molecule has 3 rings (SSSR count). The van der Waals surface area contributed by atoms with E-state index < -0.39 is 0 Å². The zero-order valence-corrected chi connectivity index (χ0v) is 10.5. The van der Waals surface area contributed by atoms with E-state index in [0.29, 0.717) is 5.69 Å². The molecule has 3 N–H and O–H groups in total. The van der Waals surface area contributed by atoms with Gasteiger partial charge in [0.25, 0.3) is 0 Å². The van der Waals surface area contributed by atoms with E-state index in [1.165, 1.54) is 0 Å². The Hall–Kier alpha value is -1.81. The highest BCUT2D eigenvalue weighted by Gasteiger charge is 2.06. The number of benzene rings is 1. The average molecular weight is 288 g/mol. The van der Waals surface area contributed by atoms with Crippen molar-refractivity contribution in [3.05, 3.63) is 47.1 Å². The quantitative estimate of drug-likeness (QED) is 0.719. The van der Waals surface area contributed by atoms with Gasteiger partial charge in [0.2, 0.25) is 0 Å². The van der Waals surface area contributed by atoms with Crippen molar-refractivity contribution in [1.82, 2.24) is 9.97 Å². The van der Waals surface area contributed by atoms with Crippen LogP contribution in [0.25, 0.3) is 22.3 Å². The summed E-state index contributed by atoms with van der Waals surface area (Å²) in [7, 11) is 0. The van der Waals surface area contributed by atoms with Gasteiger partial charge in [-0.3, -0.25) is 4.98 Å². The van der Waals surface area contributed by atoms with Crippen LogP contribution in [0.4, 0.5) is 5.69 Å². The topological polar surface area (TPSA) is 54.7 Å². The van der Waals surface area contributed by atoms with Crippen LogP contribution in [0.1, 0.15) is 0 Å². The molecule has 84 valence electrons. The molecule has 3 aromatic rings. The molecule has 0 aliphatic rings. The van der Waals surface area contributed by atoms with Gasteiger partial charge in [0.1, 0.15) is 0 Å². The number of aromatic amines is 1. The number of hydrogen-bond donors (Lipinski definition) is 2. The number of nitrogens with two attached hydrogens (primary N) is 1. The van der Waals surface area contributed by atoms with Gasteiger partial charge in [0.05, 0.1) is 16.9 Å². The van der Waals surface area contributed by atoms with Crippen LogP contribution in [0.15, 0.2) is 47.1 Å². The Morgan fingerprint density at radius 2 is 2.06 bits per heavy atom. The van der Waals surface area contributed by atoms with Gasteiger partial charge in [-0.1, -0.05) is 12.1 Å². The summed E-state index contributed by atoms with van der Waals surface area (Å²) < 4.78 is 1.05. The molecule has 4 heteroatoms. The van der Waals surface area contributed by atoms with Crippen LogP contribution in [0.5, 0.6) is 0 Å². The summed E-state index contributed by atoms with van der Waals surface area (Å²) in [4.78, 5) is 7.65. The standard InChI is InChI=1S/C13H10BrN3/c14-10-3-1-2-8-6-12(17-13(8)10)11-7-9(15)4-5-16-11/h1-7,17H,(H2,15,16). The number of halogens is 1. The Morgan fingerprint density at radius 1 is 1.18 bits per heavy atom. The molecule has 2 aromatic heterocycles. The zero-order valence-electron chi connectivity index (χ0n) is 8.94. The molecule has 3 nitrogen and oxygen atoms in total. The fourth-order valence-electron chi connectivity index (χ4n) is 1.85. The monoisotopic (exact) mass is 287 g/mol. The van der Waals surface area contributed by atoms with Crippen molar-refractivity contribution in [3.8, 4) is 11.4 Å². The largest absolute Gasteiger partial charge is 0.399 e. The van der Waals surface area contributed by atoms with E-state index in [0.717, 1.165) is 26.8 Å². The Morgan fingerprint density at radius 3 is 2.82 bits per heavy atom. The summed E-state index contributed by atoms with van der Waals surface area (Å²) >= 11 is 3.52. The van der Waals surface area contributed by atoms with Gasteiger partial charge in [-0.15, -0.1) is 0 Å². The van der Waals surface area contributed by atoms with Crippen LogP contribution in [-0.2, 0) is 0 Å². The van der Waals surface area contributed by atoms with Crippen molar-refractivity contribution >= 4 is 32.5 Å². The van der Waals surface area contributed by atoms with Gasteiger partial charge >= 0.3 is 0 Å². The second kappa shape index (κ2) is 3.89. The van der Waals surface area contributed by atoms with E-state index in [9.17, 15) is 0 Å². The van der Waals surface area contributed by atoms with E-state index in [-0.39, 0.29) is 0 Å². The Labute approximate surface area is 107 Å². The molecule has 0 aliphatic heterocycles. The molecular formula is C13H10BrN3. The van der Waals surface area contributed by atoms with Gasteiger partial charge in [0, 0.05) is 21.7 Å². The van der Waals surface area contributed by atoms with Crippen molar-refractivity contribution in [2.45, 2.75) is 0 Å². The SMILES string of the molecule is Nc1ccnc(-c2cc3cccc(Br)c3[nH]2)c1. The highest BCUT2D eigenvalue weighted by molar-refractivity contribution is 9.10. The fraction of sp³-hybridized carbons (Fsp3) is 0. The smallest absolute Gasteiger partial charge is 0.0885 e. The molecule has 0 saturated carbocycles. The number of anilines is 1. The van der Waals surface area contributed by atoms with E-state index in [4.69, 9.17) is 5.73 Å². The van der Waals surface area contributed by atoms with Gasteiger partial charge in [-0.05, 0) is 40.2 Å². The molecule has 0 aliphatic carbocycles. The maximum Gasteiger partial charge on any atom is 0.0885 e. The molecule has 0 saturated heterocycles. The predicted molar refractivity (Wildman–Crippen MR) is 73.6 cm³/mol. The maximum atomic E-state index is 5.76. The first-order valence-electron chi connectivity index (χ1n) is 5.23. The zero-order chi connectivity index (χ0) is 11.8. The van der Waals surface area contributed by atoms with Crippen molar-refractivity contribution in [2.24, 2.45) is 0 Å². The minimum absolute atomic E-state index is 0.715. The number of nitrogens with one attached hydrogen (secondary N) is 1. The first kappa shape index (κ1) is 10.4. The third kappa shape index (κ3) is 1.80. The van der Waals surface area contributed by atoms with Crippen LogP contribution in [-0.4, -0.2) is 9.97 Å². The van der Waals surface area contributed by atoms with Crippen LogP contribution in [0, 0.1) is 0 Å². The number of nitrogens with zero attached hydrogens (tertiary/aromatic N) is 1. The predicted octanol–water partition coefficient (Wildman–Crippen LogP) is 3.57. The summed E-state index contributed by atoms with van der Waals surface area (Å²) in [6, 6.07) is 11.8. The third-order valence-corrected chi connectivity index (χ3v) is 3.33. The molecule has 17 heavy (non-hydrogen) atoms. The molecule has 0 atom stereocenters. The van der Waals surface area contributed by atoms with Crippen molar-refractivity contribution in [1.29, 1.82) is 0 Å². The van der Waals surface area contributed by atoms with E-state index in [1.807, 2.05) is 18.2 Å². The molecule has 2 heterocycles. The molecule has 0 radical (unpaired) electrons. The van der Waals surface area contributed by atoms with Crippen LogP contribution in [0.3, 0.4) is 0 Å². The summed E-state index contributed by atoms with van der Waals surface area (Å²) in [5, 5.41) is 1.15.